The van der Waals surface area contributed by atoms with E-state index in [4.69, 9.17) is 4.99 Å². The minimum Gasteiger partial charge on any atom is -0.357 e. The van der Waals surface area contributed by atoms with Gasteiger partial charge in [-0.1, -0.05) is 20.3 Å². The van der Waals surface area contributed by atoms with Crippen molar-refractivity contribution in [1.29, 1.82) is 0 Å². The molecule has 0 spiro atoms. The van der Waals surface area contributed by atoms with Crippen LogP contribution < -0.4 is 5.32 Å². The zero-order valence-electron chi connectivity index (χ0n) is 15.5. The smallest absolute Gasteiger partial charge is 0.194 e. The van der Waals surface area contributed by atoms with Crippen LogP contribution in [0.15, 0.2) is 4.99 Å². The molecule has 1 saturated heterocycles. The lowest BCUT2D eigenvalue weighted by Crippen LogP contribution is -2.48. The molecule has 24 heavy (non-hydrogen) atoms. The fraction of sp³-hybridized carbons (Fsp3) is 0.833. The van der Waals surface area contributed by atoms with Gasteiger partial charge in [-0.3, -0.25) is 0 Å². The zero-order valence-corrected chi connectivity index (χ0v) is 15.5. The fourth-order valence-corrected chi connectivity index (χ4v) is 4.07. The highest BCUT2D eigenvalue weighted by atomic mass is 15.3. The number of aliphatic imine (C=N–C) groups is 1. The Morgan fingerprint density at radius 2 is 1.96 bits per heavy atom. The Hall–Kier alpha value is -1.59. The second-order valence-electron chi connectivity index (χ2n) is 7.52. The van der Waals surface area contributed by atoms with E-state index in [9.17, 15) is 0 Å². The number of rotatable bonds is 3. The Morgan fingerprint density at radius 3 is 2.71 bits per heavy atom. The Morgan fingerprint density at radius 1 is 1.17 bits per heavy atom. The molecule has 0 bridgehead atoms. The molecule has 0 aromatic carbocycles. The summed E-state index contributed by atoms with van der Waals surface area (Å²) in [5, 5.41) is 12.3. The lowest BCUT2D eigenvalue weighted by Gasteiger charge is -2.37. The van der Waals surface area contributed by atoms with Crippen molar-refractivity contribution >= 4 is 5.96 Å². The second kappa shape index (κ2) is 7.99. The second-order valence-corrected chi connectivity index (χ2v) is 7.52. The van der Waals surface area contributed by atoms with Gasteiger partial charge in [0.2, 0.25) is 0 Å². The minimum atomic E-state index is 0.620. The van der Waals surface area contributed by atoms with Gasteiger partial charge in [0.1, 0.15) is 12.4 Å². The molecule has 2 atom stereocenters. The number of nitrogens with one attached hydrogen (secondary N) is 1. The zero-order chi connectivity index (χ0) is 16.9. The van der Waals surface area contributed by atoms with E-state index in [1.54, 1.807) is 0 Å². The highest BCUT2D eigenvalue weighted by Gasteiger charge is 2.24. The molecule has 1 N–H and O–H groups in total. The molecule has 2 unspecified atom stereocenters. The van der Waals surface area contributed by atoms with Crippen LogP contribution in [0.25, 0.3) is 0 Å². The predicted octanol–water partition coefficient (Wildman–Crippen LogP) is 2.45. The molecule has 6 nitrogen and oxygen atoms in total. The first-order valence-electron chi connectivity index (χ1n) is 9.61. The van der Waals surface area contributed by atoms with Crippen LogP contribution in [0, 0.1) is 11.8 Å². The fourth-order valence-electron chi connectivity index (χ4n) is 4.07. The third-order valence-electron chi connectivity index (χ3n) is 5.06. The maximum atomic E-state index is 4.90. The number of likely N-dealkylation sites (tertiary alicyclic amines) is 1. The largest absolute Gasteiger partial charge is 0.357 e. The molecular formula is C18H32N6. The molecule has 2 aliphatic heterocycles. The molecular weight excluding hydrogens is 300 g/mol. The van der Waals surface area contributed by atoms with E-state index in [2.05, 4.69) is 45.8 Å². The summed E-state index contributed by atoms with van der Waals surface area (Å²) in [6.45, 7) is 11.6. The topological polar surface area (TPSA) is 58.3 Å². The molecule has 3 rings (SSSR count). The normalized spacial score (nSPS) is 25.3. The maximum Gasteiger partial charge on any atom is 0.194 e. The van der Waals surface area contributed by atoms with Crippen LogP contribution >= 0.6 is 0 Å². The first-order valence-corrected chi connectivity index (χ1v) is 9.61. The van der Waals surface area contributed by atoms with E-state index in [1.807, 2.05) is 0 Å². The van der Waals surface area contributed by atoms with Crippen LogP contribution in [0.4, 0.5) is 0 Å². The van der Waals surface area contributed by atoms with Gasteiger partial charge >= 0.3 is 0 Å². The highest BCUT2D eigenvalue weighted by Crippen LogP contribution is 2.21. The number of hydrogen-bond acceptors (Lipinski definition) is 3. The van der Waals surface area contributed by atoms with E-state index in [1.165, 1.54) is 25.7 Å². The average Bonchev–Trinajstić information content (AvgIpc) is 2.77. The summed E-state index contributed by atoms with van der Waals surface area (Å²) in [4.78, 5) is 7.31. The first-order chi connectivity index (χ1) is 11.7. The van der Waals surface area contributed by atoms with Crippen LogP contribution in [0.3, 0.4) is 0 Å². The van der Waals surface area contributed by atoms with Crippen LogP contribution in [0.2, 0.25) is 0 Å². The lowest BCUT2D eigenvalue weighted by atomic mass is 9.92. The summed E-state index contributed by atoms with van der Waals surface area (Å²) < 4.78 is 2.29. The van der Waals surface area contributed by atoms with Crippen molar-refractivity contribution in [3.05, 3.63) is 11.6 Å². The molecule has 1 fully saturated rings. The van der Waals surface area contributed by atoms with Gasteiger partial charge in [0, 0.05) is 32.6 Å². The first kappa shape index (κ1) is 17.2. The number of nitrogens with zero attached hydrogens (tertiary/aromatic N) is 5. The summed E-state index contributed by atoms with van der Waals surface area (Å²) in [5.41, 5.74) is 0. The monoisotopic (exact) mass is 332 g/mol. The van der Waals surface area contributed by atoms with Crippen LogP contribution in [0.5, 0.6) is 0 Å². The molecule has 0 radical (unpaired) electrons. The van der Waals surface area contributed by atoms with Crippen molar-refractivity contribution in [2.24, 2.45) is 16.8 Å². The van der Waals surface area contributed by atoms with Crippen molar-refractivity contribution in [3.8, 4) is 0 Å². The Labute approximate surface area is 145 Å². The quantitative estimate of drug-likeness (QED) is 0.682. The summed E-state index contributed by atoms with van der Waals surface area (Å²) in [6.07, 6.45) is 6.11. The van der Waals surface area contributed by atoms with Gasteiger partial charge in [0.25, 0.3) is 0 Å². The average molecular weight is 332 g/mol. The number of guanidine groups is 1. The minimum absolute atomic E-state index is 0.620. The highest BCUT2D eigenvalue weighted by molar-refractivity contribution is 5.80. The molecule has 1 aromatic rings. The molecule has 3 heterocycles. The summed E-state index contributed by atoms with van der Waals surface area (Å²) in [5.74, 6) is 4.63. The number of hydrogen-bond donors (Lipinski definition) is 1. The number of piperidine rings is 1. The summed E-state index contributed by atoms with van der Waals surface area (Å²) in [6, 6.07) is 0. The van der Waals surface area contributed by atoms with Crippen molar-refractivity contribution in [3.63, 3.8) is 0 Å². The number of aryl methyl sites for hydroxylation is 1. The molecule has 0 amide bonds. The molecule has 2 aliphatic rings. The predicted molar refractivity (Wildman–Crippen MR) is 96.9 cm³/mol. The van der Waals surface area contributed by atoms with Crippen molar-refractivity contribution in [2.45, 2.75) is 66.0 Å². The van der Waals surface area contributed by atoms with Gasteiger partial charge in [-0.05, 0) is 38.0 Å². The third kappa shape index (κ3) is 4.08. The summed E-state index contributed by atoms with van der Waals surface area (Å²) in [7, 11) is 0. The van der Waals surface area contributed by atoms with Crippen LogP contribution in [-0.2, 0) is 19.5 Å². The molecule has 134 valence electrons. The third-order valence-corrected chi connectivity index (χ3v) is 5.06. The van der Waals surface area contributed by atoms with E-state index in [0.29, 0.717) is 6.54 Å². The Kier molecular flexibility index (Phi) is 5.74. The molecule has 6 heteroatoms. The van der Waals surface area contributed by atoms with Gasteiger partial charge in [-0.25, -0.2) is 4.99 Å². The van der Waals surface area contributed by atoms with Crippen LogP contribution in [-0.4, -0.2) is 45.3 Å². The van der Waals surface area contributed by atoms with E-state index in [-0.39, 0.29) is 0 Å². The SMILES string of the molecule is CCNC(=NCc1nnc2n1CCCCC2)N1CC(C)CC(C)C1. The van der Waals surface area contributed by atoms with Gasteiger partial charge in [-0.15, -0.1) is 10.2 Å². The van der Waals surface area contributed by atoms with Gasteiger partial charge in [0.15, 0.2) is 11.8 Å². The van der Waals surface area contributed by atoms with E-state index in [0.717, 1.165) is 62.0 Å². The van der Waals surface area contributed by atoms with E-state index >= 15 is 0 Å². The van der Waals surface area contributed by atoms with Gasteiger partial charge < -0.3 is 14.8 Å². The maximum absolute atomic E-state index is 4.90. The lowest BCUT2D eigenvalue weighted by molar-refractivity contribution is 0.208. The molecule has 1 aromatic heterocycles. The number of fused-ring (bicyclic) bond motifs is 1. The standard InChI is InChI=1S/C18H32N6/c1-4-19-18(23-12-14(2)10-15(3)13-23)20-11-17-22-21-16-8-6-5-7-9-24(16)17/h14-15H,4-13H2,1-3H3,(H,19,20). The van der Waals surface area contributed by atoms with Gasteiger partial charge in [0.05, 0.1) is 0 Å². The Balaban J connectivity index is 1.73. The van der Waals surface area contributed by atoms with Crippen molar-refractivity contribution in [2.75, 3.05) is 19.6 Å². The Bertz CT molecular complexity index is 554. The molecule has 0 saturated carbocycles. The van der Waals surface area contributed by atoms with Gasteiger partial charge in [-0.2, -0.15) is 0 Å². The van der Waals surface area contributed by atoms with Crippen molar-refractivity contribution < 1.29 is 0 Å². The van der Waals surface area contributed by atoms with Crippen molar-refractivity contribution in [1.82, 2.24) is 25.0 Å². The number of aromatic nitrogens is 3. The van der Waals surface area contributed by atoms with Crippen LogP contribution in [0.1, 0.15) is 58.1 Å². The van der Waals surface area contributed by atoms with E-state index < -0.39 is 0 Å². The molecule has 0 aliphatic carbocycles. The summed E-state index contributed by atoms with van der Waals surface area (Å²) >= 11 is 0.